The lowest BCUT2D eigenvalue weighted by Crippen LogP contribution is -2.06. The molecule has 0 saturated heterocycles. The highest BCUT2D eigenvalue weighted by molar-refractivity contribution is 5.92. The van der Waals surface area contributed by atoms with Gasteiger partial charge in [-0.05, 0) is 181 Å². The number of pyridine rings is 2. The minimum Gasteiger partial charge on any atom is -0.493 e. The fraction of sp³-hybridized carbons (Fsp3) is 0.364. The summed E-state index contributed by atoms with van der Waals surface area (Å²) in [6.45, 7) is 27.3. The van der Waals surface area contributed by atoms with Gasteiger partial charge in [0.2, 0.25) is 0 Å². The number of hydrogen-bond acceptors (Lipinski definition) is 8. The number of benzene rings is 7. The molecule has 0 atom stereocenters. The van der Waals surface area contributed by atoms with E-state index in [-0.39, 0.29) is 0 Å². The van der Waals surface area contributed by atoms with Gasteiger partial charge in [-0.25, -0.2) is 29.9 Å². The van der Waals surface area contributed by atoms with Crippen molar-refractivity contribution in [2.24, 2.45) is 23.7 Å². The molecule has 7 aromatic carbocycles. The van der Waals surface area contributed by atoms with Crippen LogP contribution in [0.15, 0.2) is 182 Å². The highest BCUT2D eigenvalue weighted by Crippen LogP contribution is 2.44. The molecule has 100 heavy (non-hydrogen) atoms. The van der Waals surface area contributed by atoms with E-state index in [9.17, 15) is 0 Å². The molecule has 0 unspecified atom stereocenters. The lowest BCUT2D eigenvalue weighted by atomic mass is 9.97. The predicted molar refractivity (Wildman–Crippen MR) is 416 cm³/mol. The van der Waals surface area contributed by atoms with E-state index in [2.05, 4.69) is 269 Å². The number of ether oxygens (including phenoxy) is 2. The SMILES string of the molecule is CCCCCCOc1cc(-c2ccc3c(c2)nc(-c2cccc(-c4nc5cc(-c6ccccc6)ccc5n4CCC(C)C)n2)n3CCC(C)C)c(OCCCCCC)cc1-c1ccc2c(c1)nc(-c1cccc(-c3nc4cc(-c5ccccc5)ccc4n3CCC(C)C)n1)n2CCC(C)C. The van der Waals surface area contributed by atoms with Crippen LogP contribution in [-0.2, 0) is 26.2 Å². The highest BCUT2D eigenvalue weighted by Gasteiger charge is 2.25. The summed E-state index contributed by atoms with van der Waals surface area (Å²) in [5.74, 6) is 7.06. The van der Waals surface area contributed by atoms with E-state index in [0.29, 0.717) is 36.9 Å². The third kappa shape index (κ3) is 15.5. The number of aryl methyl sites for hydroxylation is 4. The van der Waals surface area contributed by atoms with Crippen molar-refractivity contribution in [2.75, 3.05) is 13.2 Å². The number of rotatable bonds is 32. The molecule has 0 N–H and O–H groups in total. The quantitative estimate of drug-likeness (QED) is 0.0383. The number of nitrogens with zero attached hydrogens (tertiary/aromatic N) is 10. The van der Waals surface area contributed by atoms with Gasteiger partial charge in [-0.15, -0.1) is 0 Å². The number of imidazole rings is 4. The zero-order valence-corrected chi connectivity index (χ0v) is 60.6. The van der Waals surface area contributed by atoms with Gasteiger partial charge in [0.05, 0.1) is 57.3 Å². The molecule has 0 aliphatic rings. The van der Waals surface area contributed by atoms with Gasteiger partial charge in [-0.3, -0.25) is 0 Å². The fourth-order valence-corrected chi connectivity index (χ4v) is 13.8. The normalized spacial score (nSPS) is 12.0. The van der Waals surface area contributed by atoms with Gasteiger partial charge >= 0.3 is 0 Å². The van der Waals surface area contributed by atoms with Gasteiger partial charge in [0.25, 0.3) is 0 Å². The van der Waals surface area contributed by atoms with Crippen molar-refractivity contribution in [1.29, 1.82) is 0 Å². The Balaban J connectivity index is 0.899. The van der Waals surface area contributed by atoms with Crippen LogP contribution in [0.4, 0.5) is 0 Å². The van der Waals surface area contributed by atoms with E-state index in [4.69, 9.17) is 39.4 Å². The van der Waals surface area contributed by atoms with Crippen molar-refractivity contribution in [3.63, 3.8) is 0 Å². The average Bonchev–Trinajstić information content (AvgIpc) is 1.54. The van der Waals surface area contributed by atoms with Crippen LogP contribution in [0.2, 0.25) is 0 Å². The Morgan fingerprint density at radius 1 is 0.290 bits per heavy atom. The Bertz CT molecular complexity index is 4610. The van der Waals surface area contributed by atoms with E-state index in [1.165, 1.54) is 11.1 Å². The van der Waals surface area contributed by atoms with Crippen LogP contribution < -0.4 is 9.47 Å². The van der Waals surface area contributed by atoms with Crippen molar-refractivity contribution < 1.29 is 9.47 Å². The lowest BCUT2D eigenvalue weighted by molar-refractivity contribution is 0.299. The van der Waals surface area contributed by atoms with Crippen LogP contribution in [0.25, 0.3) is 135 Å². The molecule has 13 rings (SSSR count). The second kappa shape index (κ2) is 31.7. The molecule has 0 bridgehead atoms. The Morgan fingerprint density at radius 3 is 0.890 bits per heavy atom. The van der Waals surface area contributed by atoms with E-state index in [0.717, 1.165) is 238 Å². The maximum atomic E-state index is 7.05. The molecule has 0 saturated carbocycles. The Kier molecular flexibility index (Phi) is 21.8. The zero-order chi connectivity index (χ0) is 69.2. The first kappa shape index (κ1) is 68.8. The molecular weight excluding hydrogens is 1230 g/mol. The van der Waals surface area contributed by atoms with E-state index >= 15 is 0 Å². The van der Waals surface area contributed by atoms with E-state index in [1.807, 2.05) is 0 Å². The van der Waals surface area contributed by atoms with Crippen molar-refractivity contribution >= 4 is 44.1 Å². The van der Waals surface area contributed by atoms with Crippen LogP contribution in [0.5, 0.6) is 11.5 Å². The molecule has 0 aliphatic carbocycles. The molecule has 0 spiro atoms. The molecule has 514 valence electrons. The summed E-state index contributed by atoms with van der Waals surface area (Å²) in [5, 5.41) is 0. The van der Waals surface area contributed by atoms with Crippen molar-refractivity contribution in [2.45, 2.75) is 172 Å². The molecule has 0 aliphatic heterocycles. The number of fused-ring (bicyclic) bond motifs is 4. The number of hydrogen-bond donors (Lipinski definition) is 0. The molecule has 13 aromatic rings. The smallest absolute Gasteiger partial charge is 0.159 e. The van der Waals surface area contributed by atoms with E-state index < -0.39 is 0 Å². The maximum Gasteiger partial charge on any atom is 0.159 e. The van der Waals surface area contributed by atoms with Crippen molar-refractivity contribution in [1.82, 2.24) is 48.2 Å². The minimum atomic E-state index is 0.483. The largest absolute Gasteiger partial charge is 0.493 e. The zero-order valence-electron chi connectivity index (χ0n) is 60.6. The van der Waals surface area contributed by atoms with Crippen LogP contribution in [0.1, 0.15) is 146 Å². The van der Waals surface area contributed by atoms with Crippen LogP contribution >= 0.6 is 0 Å². The molecular formula is C88H100N10O2. The summed E-state index contributed by atoms with van der Waals surface area (Å²) < 4.78 is 23.6. The molecule has 6 aromatic heterocycles. The molecule has 0 amide bonds. The first-order valence-corrected chi connectivity index (χ1v) is 37.3. The highest BCUT2D eigenvalue weighted by atomic mass is 16.5. The molecule has 0 fully saturated rings. The summed E-state index contributed by atoms with van der Waals surface area (Å²) in [6, 6.07) is 65.1. The molecule has 12 nitrogen and oxygen atoms in total. The van der Waals surface area contributed by atoms with Crippen LogP contribution in [0, 0.1) is 23.7 Å². The summed E-state index contributed by atoms with van der Waals surface area (Å²) in [6.07, 6.45) is 12.8. The van der Waals surface area contributed by atoms with Crippen molar-refractivity contribution in [3.05, 3.63) is 182 Å². The minimum absolute atomic E-state index is 0.483. The molecule has 0 radical (unpaired) electrons. The molecule has 6 heterocycles. The maximum absolute atomic E-state index is 7.05. The van der Waals surface area contributed by atoms with Gasteiger partial charge in [0.15, 0.2) is 23.3 Å². The number of aromatic nitrogens is 10. The van der Waals surface area contributed by atoms with Gasteiger partial charge in [-0.1, -0.05) is 205 Å². The number of unbranched alkanes of at least 4 members (excludes halogenated alkanes) is 6. The van der Waals surface area contributed by atoms with Gasteiger partial charge < -0.3 is 27.7 Å². The summed E-state index contributed by atoms with van der Waals surface area (Å²) >= 11 is 0. The topological polar surface area (TPSA) is 116 Å². The first-order chi connectivity index (χ1) is 48.8. The average molecular weight is 1330 g/mol. The van der Waals surface area contributed by atoms with Crippen molar-refractivity contribution in [3.8, 4) is 102 Å². The molecule has 12 heteroatoms. The fourth-order valence-electron chi connectivity index (χ4n) is 13.8. The van der Waals surface area contributed by atoms with Crippen LogP contribution in [-0.4, -0.2) is 61.4 Å². The standard InChI is InChI=1S/C88H100N10O2/c1-11-13-15-23-51-99-83-57-70(68-38-42-82-78(56-68)94-88(98(82)50-46-62(9)10)74-34-26-32-72(90-74)86-92-76-54-66(64-29-21-18-22-30-64)36-40-80(76)96(86)48-44-60(5)6)84(100-52-24-16-14-12-2)58-69(83)67-37-41-81-77(55-67)93-87(97(81)49-45-61(7)8)73-33-25-31-71(89-73)85-91-75-53-65(63-27-19-17-20-28-63)35-39-79(75)95(85)47-43-59(3)4/h17-22,25-42,53-62H,11-16,23-24,43-52H2,1-10H3. The Hall–Kier alpha value is -9.68. The van der Waals surface area contributed by atoms with Crippen LogP contribution in [0.3, 0.4) is 0 Å². The van der Waals surface area contributed by atoms with Gasteiger partial charge in [-0.2, -0.15) is 0 Å². The third-order valence-electron chi connectivity index (χ3n) is 19.6. The second-order valence-corrected chi connectivity index (χ2v) is 29.1. The lowest BCUT2D eigenvalue weighted by Gasteiger charge is -2.19. The van der Waals surface area contributed by atoms with Gasteiger partial charge in [0.1, 0.15) is 34.3 Å². The third-order valence-corrected chi connectivity index (χ3v) is 19.6. The summed E-state index contributed by atoms with van der Waals surface area (Å²) in [5.41, 5.74) is 20.0. The Labute approximate surface area is 592 Å². The summed E-state index contributed by atoms with van der Waals surface area (Å²) in [7, 11) is 0. The van der Waals surface area contributed by atoms with E-state index in [1.54, 1.807) is 0 Å². The second-order valence-electron chi connectivity index (χ2n) is 29.1. The summed E-state index contributed by atoms with van der Waals surface area (Å²) in [4.78, 5) is 32.9. The van der Waals surface area contributed by atoms with Gasteiger partial charge in [0, 0.05) is 37.3 Å². The predicted octanol–water partition coefficient (Wildman–Crippen LogP) is 23.3. The Morgan fingerprint density at radius 2 is 0.590 bits per heavy atom. The monoisotopic (exact) mass is 1330 g/mol. The first-order valence-electron chi connectivity index (χ1n) is 37.3.